The van der Waals surface area contributed by atoms with Gasteiger partial charge in [0.2, 0.25) is 0 Å². The van der Waals surface area contributed by atoms with Crippen molar-refractivity contribution in [1.29, 1.82) is 0 Å². The molecular weight excluding hydrogens is 310 g/mol. The van der Waals surface area contributed by atoms with E-state index in [1.54, 1.807) is 0 Å². The third-order valence-electron chi connectivity index (χ3n) is 3.20. The maximum absolute atomic E-state index is 13.1. The Hall–Kier alpha value is -2.74. The van der Waals surface area contributed by atoms with E-state index in [1.807, 2.05) is 0 Å². The zero-order valence-electron chi connectivity index (χ0n) is 12.1. The van der Waals surface area contributed by atoms with Gasteiger partial charge in [0.15, 0.2) is 17.4 Å². The summed E-state index contributed by atoms with van der Waals surface area (Å²) in [5.74, 6) is -1.96. The molecule has 1 unspecified atom stereocenters. The number of hydrogen-bond acceptors (Lipinski definition) is 5. The number of benzene rings is 2. The van der Waals surface area contributed by atoms with E-state index < -0.39 is 22.7 Å². The monoisotopic (exact) mass is 324 g/mol. The summed E-state index contributed by atoms with van der Waals surface area (Å²) in [6, 6.07) is 7.27. The molecule has 0 amide bonds. The molecule has 2 aromatic carbocycles. The number of hydrogen-bond donors (Lipinski definition) is 2. The summed E-state index contributed by atoms with van der Waals surface area (Å²) in [4.78, 5) is 10.2. The molecule has 0 radical (unpaired) electrons. The Balaban J connectivity index is 2.08. The molecule has 0 bridgehead atoms. The van der Waals surface area contributed by atoms with E-state index in [1.165, 1.54) is 31.4 Å². The number of nitrogens with zero attached hydrogens (tertiary/aromatic N) is 1. The smallest absolute Gasteiger partial charge is 0.311 e. The van der Waals surface area contributed by atoms with Crippen molar-refractivity contribution < 1.29 is 23.5 Å². The van der Waals surface area contributed by atoms with Crippen LogP contribution in [0.4, 0.5) is 20.2 Å². The summed E-state index contributed by atoms with van der Waals surface area (Å²) in [6.07, 6.45) is -1.08. The first-order valence-electron chi connectivity index (χ1n) is 6.61. The number of rotatable bonds is 6. The van der Waals surface area contributed by atoms with Gasteiger partial charge in [-0.05, 0) is 23.8 Å². The normalized spacial score (nSPS) is 11.8. The van der Waals surface area contributed by atoms with Crippen LogP contribution in [0.5, 0.6) is 5.75 Å². The van der Waals surface area contributed by atoms with Crippen molar-refractivity contribution in [2.75, 3.05) is 19.0 Å². The number of halogens is 2. The highest BCUT2D eigenvalue weighted by Crippen LogP contribution is 2.30. The van der Waals surface area contributed by atoms with E-state index >= 15 is 0 Å². The molecule has 0 saturated carbocycles. The van der Waals surface area contributed by atoms with Gasteiger partial charge >= 0.3 is 5.69 Å². The molecule has 8 heteroatoms. The van der Waals surface area contributed by atoms with E-state index in [0.29, 0.717) is 5.69 Å². The third kappa shape index (κ3) is 3.92. The number of ether oxygens (including phenoxy) is 1. The Morgan fingerprint density at radius 1 is 1.26 bits per heavy atom. The minimum Gasteiger partial charge on any atom is -0.490 e. The van der Waals surface area contributed by atoms with Gasteiger partial charge in [-0.1, -0.05) is 6.07 Å². The summed E-state index contributed by atoms with van der Waals surface area (Å²) in [5.41, 5.74) is 0.513. The highest BCUT2D eigenvalue weighted by atomic mass is 19.2. The molecule has 0 aliphatic carbocycles. The zero-order valence-corrected chi connectivity index (χ0v) is 12.1. The lowest BCUT2D eigenvalue weighted by atomic mass is 10.1. The fourth-order valence-corrected chi connectivity index (χ4v) is 1.99. The molecule has 0 spiro atoms. The molecule has 0 aromatic heterocycles. The molecule has 0 aliphatic rings. The quantitative estimate of drug-likeness (QED) is 0.630. The summed E-state index contributed by atoms with van der Waals surface area (Å²) < 4.78 is 30.9. The lowest BCUT2D eigenvalue weighted by molar-refractivity contribution is -0.385. The van der Waals surface area contributed by atoms with Crippen molar-refractivity contribution in [3.05, 3.63) is 63.7 Å². The molecule has 6 nitrogen and oxygen atoms in total. The van der Waals surface area contributed by atoms with Gasteiger partial charge < -0.3 is 15.2 Å². The first kappa shape index (κ1) is 16.6. The number of anilines is 1. The molecule has 2 aromatic rings. The lowest BCUT2D eigenvalue weighted by Crippen LogP contribution is -2.12. The van der Waals surface area contributed by atoms with E-state index in [0.717, 1.165) is 12.1 Å². The van der Waals surface area contributed by atoms with Gasteiger partial charge in [0, 0.05) is 24.4 Å². The van der Waals surface area contributed by atoms with Crippen molar-refractivity contribution in [2.45, 2.75) is 6.10 Å². The molecular formula is C15H14F2N2O4. The average Bonchev–Trinajstić information content (AvgIpc) is 2.54. The van der Waals surface area contributed by atoms with Crippen molar-refractivity contribution in [1.82, 2.24) is 0 Å². The summed E-state index contributed by atoms with van der Waals surface area (Å²) in [7, 11) is 1.31. The van der Waals surface area contributed by atoms with Crippen LogP contribution in [-0.2, 0) is 0 Å². The van der Waals surface area contributed by atoms with E-state index in [4.69, 9.17) is 4.74 Å². The van der Waals surface area contributed by atoms with E-state index in [-0.39, 0.29) is 23.5 Å². The number of aliphatic hydroxyl groups is 1. The van der Waals surface area contributed by atoms with Gasteiger partial charge in [-0.2, -0.15) is 0 Å². The molecule has 23 heavy (non-hydrogen) atoms. The van der Waals surface area contributed by atoms with Crippen LogP contribution in [0.1, 0.15) is 11.7 Å². The fraction of sp³-hybridized carbons (Fsp3) is 0.200. The topological polar surface area (TPSA) is 84.6 Å². The zero-order chi connectivity index (χ0) is 17.0. The largest absolute Gasteiger partial charge is 0.490 e. The number of nitro benzene ring substituents is 1. The molecule has 0 saturated heterocycles. The number of methoxy groups -OCH3 is 1. The maximum atomic E-state index is 13.1. The van der Waals surface area contributed by atoms with Gasteiger partial charge in [0.1, 0.15) is 0 Å². The third-order valence-corrected chi connectivity index (χ3v) is 3.20. The number of nitrogens with one attached hydrogen (secondary N) is 1. The predicted molar refractivity (Wildman–Crippen MR) is 79.5 cm³/mol. The second-order valence-corrected chi connectivity index (χ2v) is 4.71. The Bertz CT molecular complexity index is 725. The van der Waals surface area contributed by atoms with Crippen molar-refractivity contribution in [3.63, 3.8) is 0 Å². The Morgan fingerprint density at radius 3 is 2.61 bits per heavy atom. The van der Waals surface area contributed by atoms with Gasteiger partial charge in [0.25, 0.3) is 0 Å². The Kier molecular flexibility index (Phi) is 5.07. The van der Waals surface area contributed by atoms with Crippen LogP contribution in [0.3, 0.4) is 0 Å². The van der Waals surface area contributed by atoms with Crippen molar-refractivity contribution in [3.8, 4) is 5.75 Å². The molecule has 0 aliphatic heterocycles. The minimum absolute atomic E-state index is 0.00599. The maximum Gasteiger partial charge on any atom is 0.311 e. The van der Waals surface area contributed by atoms with Gasteiger partial charge in [0.05, 0.1) is 18.1 Å². The van der Waals surface area contributed by atoms with E-state index in [9.17, 15) is 24.0 Å². The van der Waals surface area contributed by atoms with Crippen LogP contribution in [0.25, 0.3) is 0 Å². The highest BCUT2D eigenvalue weighted by molar-refractivity contribution is 5.58. The summed E-state index contributed by atoms with van der Waals surface area (Å²) >= 11 is 0. The fourth-order valence-electron chi connectivity index (χ4n) is 1.99. The second kappa shape index (κ2) is 7.01. The standard InChI is InChI=1S/C15H14F2N2O4/c1-23-15-7-10(3-5-13(15)19(21)22)18-8-14(20)9-2-4-11(16)12(17)6-9/h2-7,14,18,20H,8H2,1H3. The molecule has 1 atom stereocenters. The van der Waals surface area contributed by atoms with Gasteiger partial charge in [-0.3, -0.25) is 10.1 Å². The molecule has 0 fully saturated rings. The number of nitro groups is 1. The first-order chi connectivity index (χ1) is 10.9. The molecule has 2 rings (SSSR count). The molecule has 122 valence electrons. The predicted octanol–water partition coefficient (Wildman–Crippen LogP) is 3.03. The summed E-state index contributed by atoms with van der Waals surface area (Å²) in [5, 5.41) is 23.6. The minimum atomic E-state index is -1.08. The van der Waals surface area contributed by atoms with E-state index in [2.05, 4.69) is 5.32 Å². The lowest BCUT2D eigenvalue weighted by Gasteiger charge is -2.14. The van der Waals surface area contributed by atoms with Crippen LogP contribution < -0.4 is 10.1 Å². The van der Waals surface area contributed by atoms with Gasteiger partial charge in [-0.25, -0.2) is 8.78 Å². The first-order valence-corrected chi connectivity index (χ1v) is 6.61. The summed E-state index contributed by atoms with van der Waals surface area (Å²) in [6.45, 7) is 0.00599. The van der Waals surface area contributed by atoms with Crippen LogP contribution in [0.2, 0.25) is 0 Å². The SMILES string of the molecule is COc1cc(NCC(O)c2ccc(F)c(F)c2)ccc1[N+](=O)[O-]. The van der Waals surface area contributed by atoms with Crippen LogP contribution in [-0.4, -0.2) is 23.7 Å². The Morgan fingerprint density at radius 2 is 2.00 bits per heavy atom. The molecule has 2 N–H and O–H groups in total. The van der Waals surface area contributed by atoms with Crippen molar-refractivity contribution >= 4 is 11.4 Å². The second-order valence-electron chi connectivity index (χ2n) is 4.71. The number of aliphatic hydroxyl groups excluding tert-OH is 1. The van der Waals surface area contributed by atoms with Crippen LogP contribution in [0.15, 0.2) is 36.4 Å². The Labute approximate surface area is 130 Å². The van der Waals surface area contributed by atoms with Crippen molar-refractivity contribution in [2.24, 2.45) is 0 Å². The van der Waals surface area contributed by atoms with Crippen LogP contribution in [0, 0.1) is 21.7 Å². The highest BCUT2D eigenvalue weighted by Gasteiger charge is 2.15. The van der Waals surface area contributed by atoms with Crippen LogP contribution >= 0.6 is 0 Å². The average molecular weight is 324 g/mol. The molecule has 0 heterocycles. The van der Waals surface area contributed by atoms with Gasteiger partial charge in [-0.15, -0.1) is 0 Å².